The van der Waals surface area contributed by atoms with Crippen molar-refractivity contribution in [3.63, 3.8) is 0 Å². The third-order valence-electron chi connectivity index (χ3n) is 3.41. The van der Waals surface area contributed by atoms with Gasteiger partial charge in [0, 0.05) is 6.07 Å². The number of benzene rings is 2. The molecule has 2 aromatic rings. The smallest absolute Gasteiger partial charge is 0.250 e. The average Bonchev–Trinajstić information content (AvgIpc) is 2.61. The molecule has 0 radical (unpaired) electrons. The van der Waals surface area contributed by atoms with Crippen molar-refractivity contribution in [1.29, 1.82) is 5.26 Å². The summed E-state index contributed by atoms with van der Waals surface area (Å²) >= 11 is 11.4. The van der Waals surface area contributed by atoms with Crippen LogP contribution in [0.5, 0.6) is 11.5 Å². The number of carbonyl (C=O) groups excluding carboxylic acids is 1. The maximum atomic E-state index is 11.4. The molecule has 0 fully saturated rings. The number of nitrogens with one attached hydrogen (secondary N) is 2. The monoisotopic (exact) mass is 390 g/mol. The Labute approximate surface area is 160 Å². The van der Waals surface area contributed by atoms with Crippen molar-refractivity contribution in [1.82, 2.24) is 0 Å². The number of rotatable bonds is 5. The number of halogens is 1. The van der Waals surface area contributed by atoms with E-state index in [1.54, 1.807) is 24.3 Å². The molecule has 0 saturated heterocycles. The van der Waals surface area contributed by atoms with Gasteiger partial charge in [0.1, 0.15) is 17.6 Å². The maximum absolute atomic E-state index is 11.4. The Morgan fingerprint density at radius 3 is 2.42 bits per heavy atom. The van der Waals surface area contributed by atoms with Crippen molar-refractivity contribution in [2.45, 2.75) is 0 Å². The van der Waals surface area contributed by atoms with Gasteiger partial charge in [-0.2, -0.15) is 5.26 Å². The van der Waals surface area contributed by atoms with Gasteiger partial charge in [-0.05, 0) is 30.4 Å². The summed E-state index contributed by atoms with van der Waals surface area (Å²) in [5.41, 5.74) is 6.34. The summed E-state index contributed by atoms with van der Waals surface area (Å²) in [6, 6.07) is 9.83. The van der Waals surface area contributed by atoms with Gasteiger partial charge >= 0.3 is 0 Å². The lowest BCUT2D eigenvalue weighted by atomic mass is 10.1. The molecule has 9 heteroatoms. The number of ether oxygens (including phenoxy) is 2. The van der Waals surface area contributed by atoms with E-state index in [2.05, 4.69) is 10.6 Å². The lowest BCUT2D eigenvalue weighted by molar-refractivity contribution is 0.1000. The highest BCUT2D eigenvalue weighted by molar-refractivity contribution is 7.80. The highest BCUT2D eigenvalue weighted by atomic mass is 35.5. The van der Waals surface area contributed by atoms with Gasteiger partial charge in [0.15, 0.2) is 5.11 Å². The normalized spacial score (nSPS) is 9.77. The van der Waals surface area contributed by atoms with Crippen LogP contribution in [0.4, 0.5) is 11.4 Å². The zero-order chi connectivity index (χ0) is 19.3. The van der Waals surface area contributed by atoms with Crippen LogP contribution in [0.3, 0.4) is 0 Å². The van der Waals surface area contributed by atoms with E-state index in [0.717, 1.165) is 0 Å². The third-order valence-corrected chi connectivity index (χ3v) is 3.91. The minimum atomic E-state index is -0.701. The largest absolute Gasteiger partial charge is 0.495 e. The highest BCUT2D eigenvalue weighted by Crippen LogP contribution is 2.36. The molecule has 0 heterocycles. The predicted octanol–water partition coefficient (Wildman–Crippen LogP) is 3.14. The van der Waals surface area contributed by atoms with Crippen LogP contribution < -0.4 is 25.8 Å². The van der Waals surface area contributed by atoms with Gasteiger partial charge in [0.25, 0.3) is 0 Å². The molecule has 0 bridgehead atoms. The van der Waals surface area contributed by atoms with Crippen LogP contribution in [0, 0.1) is 11.3 Å². The van der Waals surface area contributed by atoms with E-state index in [9.17, 15) is 10.1 Å². The van der Waals surface area contributed by atoms with Crippen LogP contribution in [0.1, 0.15) is 15.9 Å². The van der Waals surface area contributed by atoms with Crippen molar-refractivity contribution >= 4 is 46.2 Å². The number of amides is 1. The maximum Gasteiger partial charge on any atom is 0.250 e. The molecule has 0 aliphatic carbocycles. The Hall–Kier alpha value is -3.02. The van der Waals surface area contributed by atoms with Crippen molar-refractivity contribution < 1.29 is 14.3 Å². The van der Waals surface area contributed by atoms with Crippen LogP contribution in [-0.2, 0) is 0 Å². The zero-order valence-corrected chi connectivity index (χ0v) is 15.5. The fourth-order valence-corrected chi connectivity index (χ4v) is 2.68. The van der Waals surface area contributed by atoms with E-state index in [4.69, 9.17) is 39.0 Å². The molecule has 0 aliphatic heterocycles. The van der Waals surface area contributed by atoms with Crippen LogP contribution in [0.25, 0.3) is 0 Å². The molecule has 134 valence electrons. The van der Waals surface area contributed by atoms with E-state index >= 15 is 0 Å². The van der Waals surface area contributed by atoms with Crippen molar-refractivity contribution in [2.75, 3.05) is 24.9 Å². The Morgan fingerprint density at radius 1 is 1.19 bits per heavy atom. The molecule has 26 heavy (non-hydrogen) atoms. The lowest BCUT2D eigenvalue weighted by Crippen LogP contribution is -2.21. The van der Waals surface area contributed by atoms with Gasteiger partial charge in [0.2, 0.25) is 5.91 Å². The molecular formula is C17H15ClN4O3S. The third kappa shape index (κ3) is 4.14. The van der Waals surface area contributed by atoms with E-state index in [1.807, 2.05) is 6.07 Å². The molecule has 2 aromatic carbocycles. The summed E-state index contributed by atoms with van der Waals surface area (Å²) in [5.74, 6) is 0.211. The number of anilines is 2. The van der Waals surface area contributed by atoms with Gasteiger partial charge in [-0.25, -0.2) is 0 Å². The van der Waals surface area contributed by atoms with Gasteiger partial charge in [-0.15, -0.1) is 0 Å². The molecule has 0 aliphatic rings. The summed E-state index contributed by atoms with van der Waals surface area (Å²) in [4.78, 5) is 11.4. The van der Waals surface area contributed by atoms with Gasteiger partial charge < -0.3 is 25.8 Å². The second-order valence-electron chi connectivity index (χ2n) is 4.97. The first-order valence-electron chi connectivity index (χ1n) is 7.23. The average molecular weight is 391 g/mol. The molecule has 2 rings (SSSR count). The van der Waals surface area contributed by atoms with Crippen molar-refractivity contribution in [3.8, 4) is 17.6 Å². The molecule has 7 nitrogen and oxygen atoms in total. The number of methoxy groups -OCH3 is 2. The van der Waals surface area contributed by atoms with E-state index in [0.29, 0.717) is 27.9 Å². The van der Waals surface area contributed by atoms with Crippen molar-refractivity contribution in [2.24, 2.45) is 5.73 Å². The van der Waals surface area contributed by atoms with Gasteiger partial charge in [-0.1, -0.05) is 17.7 Å². The van der Waals surface area contributed by atoms with E-state index < -0.39 is 5.91 Å². The molecule has 0 saturated carbocycles. The summed E-state index contributed by atoms with van der Waals surface area (Å²) in [5, 5.41) is 15.6. The standard InChI is InChI=1S/C17H15ClN4O3S/c1-24-14-7-15(25-2)13(6-11(14)18)22-17(26)21-12-5-3-4-9(16(20)23)10(12)8-19/h3-7H,1-2H3,(H2,20,23)(H2,21,22,26). The van der Waals surface area contributed by atoms with Crippen LogP contribution in [0.2, 0.25) is 5.02 Å². The minimum absolute atomic E-state index is 0.101. The Bertz CT molecular complexity index is 912. The number of hydrogen-bond donors (Lipinski definition) is 3. The first-order chi connectivity index (χ1) is 12.4. The molecule has 0 atom stereocenters. The second kappa shape index (κ2) is 8.38. The summed E-state index contributed by atoms with van der Waals surface area (Å²) in [6.45, 7) is 0. The summed E-state index contributed by atoms with van der Waals surface area (Å²) in [6.07, 6.45) is 0. The van der Waals surface area contributed by atoms with Crippen LogP contribution in [-0.4, -0.2) is 25.2 Å². The molecule has 0 unspecified atom stereocenters. The highest BCUT2D eigenvalue weighted by Gasteiger charge is 2.15. The van der Waals surface area contributed by atoms with Gasteiger partial charge in [0.05, 0.1) is 41.7 Å². The van der Waals surface area contributed by atoms with Crippen LogP contribution in [0.15, 0.2) is 30.3 Å². The Balaban J connectivity index is 2.28. The Kier molecular flexibility index (Phi) is 6.22. The van der Waals surface area contributed by atoms with Gasteiger partial charge in [-0.3, -0.25) is 4.79 Å². The van der Waals surface area contributed by atoms with E-state index in [-0.39, 0.29) is 16.2 Å². The number of carbonyl (C=O) groups is 1. The zero-order valence-electron chi connectivity index (χ0n) is 13.9. The Morgan fingerprint density at radius 2 is 1.85 bits per heavy atom. The van der Waals surface area contributed by atoms with Crippen LogP contribution >= 0.6 is 23.8 Å². The SMILES string of the molecule is COc1cc(OC)c(NC(=S)Nc2cccc(C(N)=O)c2C#N)cc1Cl. The molecule has 0 spiro atoms. The quantitative estimate of drug-likeness (QED) is 0.672. The molecule has 4 N–H and O–H groups in total. The fourth-order valence-electron chi connectivity index (χ4n) is 2.22. The topological polar surface area (TPSA) is 109 Å². The summed E-state index contributed by atoms with van der Waals surface area (Å²) in [7, 11) is 2.99. The second-order valence-corrected chi connectivity index (χ2v) is 5.79. The lowest BCUT2D eigenvalue weighted by Gasteiger charge is -2.16. The first kappa shape index (κ1) is 19.3. The first-order valence-corrected chi connectivity index (χ1v) is 8.02. The van der Waals surface area contributed by atoms with Crippen molar-refractivity contribution in [3.05, 3.63) is 46.5 Å². The number of primary amides is 1. The number of nitrogens with zero attached hydrogens (tertiary/aromatic N) is 1. The molecular weight excluding hydrogens is 376 g/mol. The number of nitriles is 1. The molecule has 1 amide bonds. The predicted molar refractivity (Wildman–Crippen MR) is 104 cm³/mol. The number of nitrogens with two attached hydrogens (primary N) is 1. The number of thiocarbonyl (C=S) groups is 1. The molecule has 0 aromatic heterocycles. The van der Waals surface area contributed by atoms with E-state index in [1.165, 1.54) is 20.3 Å². The minimum Gasteiger partial charge on any atom is -0.495 e. The number of hydrogen-bond acceptors (Lipinski definition) is 5. The fraction of sp³-hybridized carbons (Fsp3) is 0.118. The summed E-state index contributed by atoms with van der Waals surface area (Å²) < 4.78 is 10.4.